The molecule has 3 aromatic rings. The zero-order valence-corrected chi connectivity index (χ0v) is 16.3. The Morgan fingerprint density at radius 2 is 1.75 bits per heavy atom. The summed E-state index contributed by atoms with van der Waals surface area (Å²) in [4.78, 5) is 17.0. The number of rotatable bonds is 6. The van der Waals surface area contributed by atoms with Gasteiger partial charge in [0.15, 0.2) is 0 Å². The second-order valence-electron chi connectivity index (χ2n) is 7.50. The molecule has 4 rings (SSSR count). The van der Waals surface area contributed by atoms with Crippen LogP contribution in [0.25, 0.3) is 10.8 Å². The first kappa shape index (κ1) is 18.7. The largest absolute Gasteiger partial charge is 0.467 e. The van der Waals surface area contributed by atoms with Crippen LogP contribution in [0.1, 0.15) is 24.3 Å². The molecule has 28 heavy (non-hydrogen) atoms. The fourth-order valence-corrected chi connectivity index (χ4v) is 3.88. The number of nitrogens with one attached hydrogen (secondary N) is 1. The van der Waals surface area contributed by atoms with Gasteiger partial charge < -0.3 is 9.73 Å². The van der Waals surface area contributed by atoms with Crippen LogP contribution in [0.15, 0.2) is 65.3 Å². The van der Waals surface area contributed by atoms with Crippen molar-refractivity contribution in [3.63, 3.8) is 0 Å². The molecule has 1 aromatic heterocycles. The number of piperazine rings is 1. The Labute approximate surface area is 165 Å². The maximum atomic E-state index is 12.3. The zero-order valence-electron chi connectivity index (χ0n) is 16.3. The molecule has 1 aliphatic heterocycles. The summed E-state index contributed by atoms with van der Waals surface area (Å²) in [6.45, 7) is 7.11. The molecule has 0 spiro atoms. The summed E-state index contributed by atoms with van der Waals surface area (Å²) in [6.07, 6.45) is 1.63. The van der Waals surface area contributed by atoms with Gasteiger partial charge in [-0.05, 0) is 35.4 Å². The standard InChI is InChI=1S/C23H27N3O2/c1-18(22-10-5-15-28-22)24-23(27)17-26-13-11-25(12-14-26)16-20-8-4-7-19-6-2-3-9-21(19)20/h2-10,15,18H,11-14,16-17H2,1H3,(H,24,27). The predicted molar refractivity (Wildman–Crippen MR) is 111 cm³/mol. The van der Waals surface area contributed by atoms with Gasteiger partial charge in [-0.3, -0.25) is 14.6 Å². The Kier molecular flexibility index (Phi) is 5.74. The molecule has 1 N–H and O–H groups in total. The summed E-state index contributed by atoms with van der Waals surface area (Å²) in [6, 6.07) is 18.7. The molecule has 1 saturated heterocycles. The smallest absolute Gasteiger partial charge is 0.234 e. The number of furan rings is 1. The molecule has 0 bridgehead atoms. The van der Waals surface area contributed by atoms with E-state index >= 15 is 0 Å². The highest BCUT2D eigenvalue weighted by Gasteiger charge is 2.20. The van der Waals surface area contributed by atoms with Crippen LogP contribution < -0.4 is 5.32 Å². The molecule has 1 aliphatic rings. The number of carbonyl (C=O) groups excluding carboxylic acids is 1. The average Bonchev–Trinajstić information content (AvgIpc) is 3.25. The van der Waals surface area contributed by atoms with Crippen LogP contribution in [0.4, 0.5) is 0 Å². The van der Waals surface area contributed by atoms with Crippen molar-refractivity contribution in [2.24, 2.45) is 0 Å². The van der Waals surface area contributed by atoms with E-state index in [0.717, 1.165) is 38.5 Å². The van der Waals surface area contributed by atoms with Crippen LogP contribution in [0, 0.1) is 0 Å². The van der Waals surface area contributed by atoms with Crippen LogP contribution in [0.3, 0.4) is 0 Å². The lowest BCUT2D eigenvalue weighted by molar-refractivity contribution is -0.123. The van der Waals surface area contributed by atoms with E-state index < -0.39 is 0 Å². The van der Waals surface area contributed by atoms with Gasteiger partial charge in [0.05, 0.1) is 18.8 Å². The third-order valence-electron chi connectivity index (χ3n) is 5.45. The van der Waals surface area contributed by atoms with Gasteiger partial charge in [-0.15, -0.1) is 0 Å². The minimum atomic E-state index is -0.102. The number of nitrogens with zero attached hydrogens (tertiary/aromatic N) is 2. The summed E-state index contributed by atoms with van der Waals surface area (Å²) in [7, 11) is 0. The van der Waals surface area contributed by atoms with Gasteiger partial charge in [-0.25, -0.2) is 0 Å². The zero-order chi connectivity index (χ0) is 19.3. The Morgan fingerprint density at radius 3 is 2.54 bits per heavy atom. The van der Waals surface area contributed by atoms with Gasteiger partial charge in [-0.2, -0.15) is 0 Å². The highest BCUT2D eigenvalue weighted by atomic mass is 16.3. The second-order valence-corrected chi connectivity index (χ2v) is 7.50. The van der Waals surface area contributed by atoms with Crippen molar-refractivity contribution in [2.75, 3.05) is 32.7 Å². The minimum Gasteiger partial charge on any atom is -0.467 e. The topological polar surface area (TPSA) is 48.7 Å². The third-order valence-corrected chi connectivity index (χ3v) is 5.45. The van der Waals surface area contributed by atoms with Crippen molar-refractivity contribution < 1.29 is 9.21 Å². The SMILES string of the molecule is CC(NC(=O)CN1CCN(Cc2cccc3ccccc23)CC1)c1ccco1. The summed E-state index contributed by atoms with van der Waals surface area (Å²) in [5, 5.41) is 5.64. The van der Waals surface area contributed by atoms with Crippen LogP contribution in [-0.2, 0) is 11.3 Å². The van der Waals surface area contributed by atoms with Gasteiger partial charge in [0, 0.05) is 32.7 Å². The summed E-state index contributed by atoms with van der Waals surface area (Å²) < 4.78 is 5.35. The fraction of sp³-hybridized carbons (Fsp3) is 0.348. The number of hydrogen-bond acceptors (Lipinski definition) is 4. The Bertz CT molecular complexity index is 909. The summed E-state index contributed by atoms with van der Waals surface area (Å²) in [5.41, 5.74) is 1.37. The van der Waals surface area contributed by atoms with Gasteiger partial charge in [0.25, 0.3) is 0 Å². The van der Waals surface area contributed by atoms with Crippen LogP contribution >= 0.6 is 0 Å². The molecule has 0 radical (unpaired) electrons. The van der Waals surface area contributed by atoms with E-state index in [4.69, 9.17) is 4.42 Å². The molecular weight excluding hydrogens is 350 g/mol. The molecule has 1 atom stereocenters. The van der Waals surface area contributed by atoms with E-state index in [2.05, 4.69) is 57.6 Å². The summed E-state index contributed by atoms with van der Waals surface area (Å²) >= 11 is 0. The highest BCUT2D eigenvalue weighted by Crippen LogP contribution is 2.20. The summed E-state index contributed by atoms with van der Waals surface area (Å²) in [5.74, 6) is 0.833. The van der Waals surface area contributed by atoms with E-state index in [1.54, 1.807) is 6.26 Å². The first-order chi connectivity index (χ1) is 13.7. The number of fused-ring (bicyclic) bond motifs is 1. The Morgan fingerprint density at radius 1 is 1.00 bits per heavy atom. The molecule has 2 heterocycles. The monoisotopic (exact) mass is 377 g/mol. The van der Waals surface area contributed by atoms with Gasteiger partial charge in [0.1, 0.15) is 5.76 Å². The molecule has 1 fully saturated rings. The maximum Gasteiger partial charge on any atom is 0.234 e. The van der Waals surface area contributed by atoms with Crippen molar-refractivity contribution in [3.05, 3.63) is 72.2 Å². The molecule has 2 aromatic carbocycles. The predicted octanol–water partition coefficient (Wildman–Crippen LogP) is 3.43. The lowest BCUT2D eigenvalue weighted by Gasteiger charge is -2.34. The molecule has 5 heteroatoms. The van der Waals surface area contributed by atoms with E-state index in [-0.39, 0.29) is 11.9 Å². The Balaban J connectivity index is 1.27. The lowest BCUT2D eigenvalue weighted by Crippen LogP contribution is -2.49. The van der Waals surface area contributed by atoms with Crippen molar-refractivity contribution in [3.8, 4) is 0 Å². The molecule has 5 nitrogen and oxygen atoms in total. The van der Waals surface area contributed by atoms with Crippen molar-refractivity contribution >= 4 is 16.7 Å². The van der Waals surface area contributed by atoms with Crippen molar-refractivity contribution in [2.45, 2.75) is 19.5 Å². The van der Waals surface area contributed by atoms with E-state index in [1.165, 1.54) is 16.3 Å². The molecule has 0 saturated carbocycles. The van der Waals surface area contributed by atoms with Crippen LogP contribution in [-0.4, -0.2) is 48.4 Å². The minimum absolute atomic E-state index is 0.0476. The average molecular weight is 377 g/mol. The van der Waals surface area contributed by atoms with E-state index in [9.17, 15) is 4.79 Å². The highest BCUT2D eigenvalue weighted by molar-refractivity contribution is 5.85. The molecule has 1 unspecified atom stereocenters. The third kappa shape index (κ3) is 4.43. The van der Waals surface area contributed by atoms with Crippen molar-refractivity contribution in [1.82, 2.24) is 15.1 Å². The fourth-order valence-electron chi connectivity index (χ4n) is 3.88. The van der Waals surface area contributed by atoms with Crippen LogP contribution in [0.5, 0.6) is 0 Å². The van der Waals surface area contributed by atoms with Gasteiger partial charge >= 0.3 is 0 Å². The lowest BCUT2D eigenvalue weighted by atomic mass is 10.0. The first-order valence-electron chi connectivity index (χ1n) is 9.93. The van der Waals surface area contributed by atoms with Crippen LogP contribution in [0.2, 0.25) is 0 Å². The molecule has 0 aliphatic carbocycles. The van der Waals surface area contributed by atoms with E-state index in [0.29, 0.717) is 6.54 Å². The van der Waals surface area contributed by atoms with Gasteiger partial charge in [0.2, 0.25) is 5.91 Å². The number of carbonyl (C=O) groups is 1. The number of amides is 1. The molecule has 1 amide bonds. The second kappa shape index (κ2) is 8.59. The Hall–Kier alpha value is -2.63. The van der Waals surface area contributed by atoms with Crippen molar-refractivity contribution in [1.29, 1.82) is 0 Å². The number of benzene rings is 2. The first-order valence-corrected chi connectivity index (χ1v) is 9.93. The molecule has 146 valence electrons. The quantitative estimate of drug-likeness (QED) is 0.715. The number of hydrogen-bond donors (Lipinski definition) is 1. The molecular formula is C23H27N3O2. The van der Waals surface area contributed by atoms with E-state index in [1.807, 2.05) is 19.1 Å². The van der Waals surface area contributed by atoms with Gasteiger partial charge in [-0.1, -0.05) is 42.5 Å². The maximum absolute atomic E-state index is 12.3. The normalized spacial score (nSPS) is 16.9.